The molecular weight excluding hydrogens is 506 g/mol. The average molecular weight is 534 g/mol. The minimum Gasteiger partial charge on any atom is -0.379 e. The topological polar surface area (TPSA) is 131 Å². The summed E-state index contributed by atoms with van der Waals surface area (Å²) in [7, 11) is -7.53. The Morgan fingerprint density at radius 3 is 2.28 bits per heavy atom. The van der Waals surface area contributed by atoms with Crippen LogP contribution in [0.4, 0.5) is 5.69 Å². The van der Waals surface area contributed by atoms with Gasteiger partial charge in [0.15, 0.2) is 0 Å². The maximum absolute atomic E-state index is 12.8. The van der Waals surface area contributed by atoms with E-state index in [0.717, 1.165) is 21.8 Å². The van der Waals surface area contributed by atoms with Crippen molar-refractivity contribution in [2.45, 2.75) is 11.4 Å². The van der Waals surface area contributed by atoms with Gasteiger partial charge in [-0.3, -0.25) is 9.10 Å². The summed E-state index contributed by atoms with van der Waals surface area (Å²) in [5.74, 6) is -0.496. The zero-order valence-electron chi connectivity index (χ0n) is 19.6. The molecule has 1 amide bonds. The van der Waals surface area contributed by atoms with Crippen LogP contribution in [0, 0.1) is 0 Å². The number of ether oxygens (including phenoxy) is 1. The summed E-state index contributed by atoms with van der Waals surface area (Å²) in [5, 5.41) is 2.73. The number of nitrogens with one attached hydrogen (secondary N) is 1. The van der Waals surface area contributed by atoms with Gasteiger partial charge in [-0.1, -0.05) is 12.1 Å². The van der Waals surface area contributed by atoms with E-state index >= 15 is 0 Å². The molecule has 1 aromatic heterocycles. The SMILES string of the molecule is CS(=O)(=O)N(CC(=O)NCc1ccc(-n2ccnc2)cc1)c1ccc(S(=O)(=O)N2CCOCC2)cc1. The molecule has 0 spiro atoms. The normalized spacial score (nSPS) is 14.9. The smallest absolute Gasteiger partial charge is 0.243 e. The van der Waals surface area contributed by atoms with E-state index < -0.39 is 32.5 Å². The number of sulfonamides is 2. The van der Waals surface area contributed by atoms with Crippen LogP contribution in [0.25, 0.3) is 5.69 Å². The Kier molecular flexibility index (Phi) is 7.73. The number of hydrogen-bond donors (Lipinski definition) is 1. The zero-order valence-corrected chi connectivity index (χ0v) is 21.3. The molecule has 0 atom stereocenters. The van der Waals surface area contributed by atoms with Crippen LogP contribution in [0.15, 0.2) is 72.1 Å². The predicted octanol–water partition coefficient (Wildman–Crippen LogP) is 0.976. The minimum atomic E-state index is -3.81. The number of benzene rings is 2. The maximum atomic E-state index is 12.8. The summed E-state index contributed by atoms with van der Waals surface area (Å²) in [6, 6.07) is 13.0. The van der Waals surface area contributed by atoms with E-state index in [1.165, 1.54) is 28.6 Å². The summed E-state index contributed by atoms with van der Waals surface area (Å²) < 4.78 is 59.8. The van der Waals surface area contributed by atoms with Crippen LogP contribution in [-0.2, 0) is 36.1 Å². The van der Waals surface area contributed by atoms with Gasteiger partial charge in [-0.2, -0.15) is 4.31 Å². The van der Waals surface area contributed by atoms with E-state index in [2.05, 4.69) is 10.3 Å². The number of hydrogen-bond acceptors (Lipinski definition) is 7. The molecule has 2 heterocycles. The fraction of sp³-hybridized carbons (Fsp3) is 0.304. The molecule has 0 saturated carbocycles. The van der Waals surface area contributed by atoms with Crippen molar-refractivity contribution in [2.75, 3.05) is 43.4 Å². The van der Waals surface area contributed by atoms with Crippen LogP contribution < -0.4 is 9.62 Å². The lowest BCUT2D eigenvalue weighted by molar-refractivity contribution is -0.119. The van der Waals surface area contributed by atoms with Gasteiger partial charge in [0.1, 0.15) is 6.54 Å². The third kappa shape index (κ3) is 6.10. The van der Waals surface area contributed by atoms with Crippen molar-refractivity contribution >= 4 is 31.6 Å². The van der Waals surface area contributed by atoms with Gasteiger partial charge in [0.05, 0.1) is 36.4 Å². The first-order valence-electron chi connectivity index (χ1n) is 11.1. The van der Waals surface area contributed by atoms with Crippen LogP contribution in [0.3, 0.4) is 0 Å². The largest absolute Gasteiger partial charge is 0.379 e. The highest BCUT2D eigenvalue weighted by Crippen LogP contribution is 2.23. The fourth-order valence-corrected chi connectivity index (χ4v) is 5.97. The van der Waals surface area contributed by atoms with E-state index in [4.69, 9.17) is 4.74 Å². The Bertz CT molecular complexity index is 1380. The second-order valence-corrected chi connectivity index (χ2v) is 12.0. The lowest BCUT2D eigenvalue weighted by atomic mass is 10.2. The van der Waals surface area contributed by atoms with Gasteiger partial charge in [0.2, 0.25) is 26.0 Å². The Labute approximate surface area is 210 Å². The first-order valence-corrected chi connectivity index (χ1v) is 14.4. The molecule has 2 aromatic carbocycles. The van der Waals surface area contributed by atoms with Crippen molar-refractivity contribution in [1.29, 1.82) is 0 Å². The highest BCUT2D eigenvalue weighted by molar-refractivity contribution is 7.92. The van der Waals surface area contributed by atoms with Gasteiger partial charge in [-0.15, -0.1) is 0 Å². The first kappa shape index (κ1) is 25.8. The highest BCUT2D eigenvalue weighted by Gasteiger charge is 2.27. The molecule has 1 aliphatic rings. The molecular formula is C23H27N5O6S2. The third-order valence-electron chi connectivity index (χ3n) is 5.65. The molecule has 192 valence electrons. The molecule has 11 nitrogen and oxygen atoms in total. The minimum absolute atomic E-state index is 0.0465. The van der Waals surface area contributed by atoms with Gasteiger partial charge >= 0.3 is 0 Å². The van der Waals surface area contributed by atoms with Crippen molar-refractivity contribution in [1.82, 2.24) is 19.2 Å². The molecule has 4 rings (SSSR count). The molecule has 1 saturated heterocycles. The Balaban J connectivity index is 1.41. The lowest BCUT2D eigenvalue weighted by Crippen LogP contribution is -2.41. The molecule has 1 N–H and O–H groups in total. The van der Waals surface area contributed by atoms with Crippen LogP contribution in [0.1, 0.15) is 5.56 Å². The monoisotopic (exact) mass is 533 g/mol. The Morgan fingerprint density at radius 2 is 1.69 bits per heavy atom. The van der Waals surface area contributed by atoms with Gasteiger partial charge in [0.25, 0.3) is 0 Å². The molecule has 1 fully saturated rings. The molecule has 13 heteroatoms. The van der Waals surface area contributed by atoms with Gasteiger partial charge < -0.3 is 14.6 Å². The van der Waals surface area contributed by atoms with Gasteiger partial charge in [0, 0.05) is 37.7 Å². The summed E-state index contributed by atoms with van der Waals surface area (Å²) in [5.41, 5.74) is 1.96. The number of carbonyl (C=O) groups excluding carboxylic acids is 1. The highest BCUT2D eigenvalue weighted by atomic mass is 32.2. The summed E-state index contributed by atoms with van der Waals surface area (Å²) in [6.07, 6.45) is 6.17. The molecule has 1 aliphatic heterocycles. The second-order valence-electron chi connectivity index (χ2n) is 8.19. The summed E-state index contributed by atoms with van der Waals surface area (Å²) in [6.45, 7) is 0.934. The third-order valence-corrected chi connectivity index (χ3v) is 8.70. The van der Waals surface area contributed by atoms with Crippen molar-refractivity contribution in [3.63, 3.8) is 0 Å². The van der Waals surface area contributed by atoms with Crippen LogP contribution in [-0.4, -0.2) is 75.7 Å². The molecule has 0 aliphatic carbocycles. The predicted molar refractivity (Wildman–Crippen MR) is 134 cm³/mol. The standard InChI is InChI=1S/C23H27N5O6S2/c1-35(30,31)28(21-6-8-22(9-7-21)36(32,33)27-12-14-34-15-13-27)17-23(29)25-16-19-2-4-20(5-3-19)26-11-10-24-18-26/h2-11,18H,12-17H2,1H3,(H,25,29). The molecule has 3 aromatic rings. The Hall–Kier alpha value is -3.26. The quantitative estimate of drug-likeness (QED) is 0.434. The Morgan fingerprint density at radius 1 is 1.03 bits per heavy atom. The maximum Gasteiger partial charge on any atom is 0.243 e. The average Bonchev–Trinajstić information content (AvgIpc) is 3.41. The van der Waals surface area contributed by atoms with Crippen LogP contribution in [0.5, 0.6) is 0 Å². The van der Waals surface area contributed by atoms with E-state index in [9.17, 15) is 21.6 Å². The summed E-state index contributed by atoms with van der Waals surface area (Å²) in [4.78, 5) is 16.6. The van der Waals surface area contributed by atoms with Crippen molar-refractivity contribution in [3.8, 4) is 5.69 Å². The van der Waals surface area contributed by atoms with E-state index in [-0.39, 0.29) is 30.2 Å². The molecule has 0 unspecified atom stereocenters. The van der Waals surface area contributed by atoms with Crippen molar-refractivity contribution < 1.29 is 26.4 Å². The first-order chi connectivity index (χ1) is 17.1. The van der Waals surface area contributed by atoms with Crippen LogP contribution >= 0.6 is 0 Å². The summed E-state index contributed by atoms with van der Waals surface area (Å²) >= 11 is 0. The number of amides is 1. The zero-order chi connectivity index (χ0) is 25.8. The lowest BCUT2D eigenvalue weighted by Gasteiger charge is -2.26. The molecule has 0 bridgehead atoms. The molecule has 0 radical (unpaired) electrons. The number of carbonyl (C=O) groups is 1. The number of rotatable bonds is 9. The van der Waals surface area contributed by atoms with Gasteiger partial charge in [-0.25, -0.2) is 21.8 Å². The second kappa shape index (κ2) is 10.8. The van der Waals surface area contributed by atoms with Gasteiger partial charge in [-0.05, 0) is 42.0 Å². The van der Waals surface area contributed by atoms with Crippen molar-refractivity contribution in [3.05, 3.63) is 72.8 Å². The number of anilines is 1. The number of aromatic nitrogens is 2. The van der Waals surface area contributed by atoms with Crippen molar-refractivity contribution in [2.24, 2.45) is 0 Å². The van der Waals surface area contributed by atoms with E-state index in [1.54, 1.807) is 12.5 Å². The van der Waals surface area contributed by atoms with E-state index in [1.807, 2.05) is 35.0 Å². The number of morpholine rings is 1. The fourth-order valence-electron chi connectivity index (χ4n) is 3.71. The number of imidazole rings is 1. The van der Waals surface area contributed by atoms with Crippen LogP contribution in [0.2, 0.25) is 0 Å². The number of nitrogens with zero attached hydrogens (tertiary/aromatic N) is 4. The van der Waals surface area contributed by atoms with E-state index in [0.29, 0.717) is 13.2 Å². The molecule has 36 heavy (non-hydrogen) atoms.